The van der Waals surface area contributed by atoms with Crippen LogP contribution < -0.4 is 5.32 Å². The third-order valence-electron chi connectivity index (χ3n) is 3.81. The van der Waals surface area contributed by atoms with Crippen LogP contribution in [0.2, 0.25) is 0 Å². The van der Waals surface area contributed by atoms with E-state index < -0.39 is 10.0 Å². The van der Waals surface area contributed by atoms with Crippen molar-refractivity contribution in [2.75, 3.05) is 19.3 Å². The molecule has 114 valence electrons. The molecule has 2 aromatic rings. The highest BCUT2D eigenvalue weighted by Gasteiger charge is 2.30. The van der Waals surface area contributed by atoms with Crippen LogP contribution in [0.5, 0.6) is 0 Å². The fourth-order valence-electron chi connectivity index (χ4n) is 2.83. The molecule has 0 amide bonds. The highest BCUT2D eigenvalue weighted by molar-refractivity contribution is 7.88. The summed E-state index contributed by atoms with van der Waals surface area (Å²) in [5.74, 6) is 0. The summed E-state index contributed by atoms with van der Waals surface area (Å²) in [6.07, 6.45) is 3.14. The summed E-state index contributed by atoms with van der Waals surface area (Å²) in [4.78, 5) is 0. The van der Waals surface area contributed by atoms with E-state index >= 15 is 0 Å². The van der Waals surface area contributed by atoms with Crippen LogP contribution in [0.3, 0.4) is 0 Å². The summed E-state index contributed by atoms with van der Waals surface area (Å²) < 4.78 is 33.5. The smallest absolute Gasteiger partial charge is 0.211 e. The predicted octanol–water partition coefficient (Wildman–Crippen LogP) is 1.20. The minimum absolute atomic E-state index is 0.0627. The standard InChI is InChI=1S/C13H18N4O2S2/c1-21(18,19)17-7-3-5-11(17)9-14-8-10-4-2-6-12-13(10)16-20-15-12/h2,4,6,11,14H,3,5,7-9H2,1H3/t11-/m1/s1. The van der Waals surface area contributed by atoms with Crippen molar-refractivity contribution in [2.45, 2.75) is 25.4 Å². The van der Waals surface area contributed by atoms with Crippen LogP contribution in [0.25, 0.3) is 11.0 Å². The van der Waals surface area contributed by atoms with Gasteiger partial charge in [-0.15, -0.1) is 0 Å². The fourth-order valence-corrected chi connectivity index (χ4v) is 4.58. The molecule has 1 N–H and O–H groups in total. The molecule has 0 spiro atoms. The SMILES string of the molecule is CS(=O)(=O)N1CCC[C@@H]1CNCc1cccc2nsnc12. The molecule has 1 fully saturated rings. The molecule has 1 aliphatic heterocycles. The summed E-state index contributed by atoms with van der Waals surface area (Å²) in [6, 6.07) is 6.01. The number of hydrogen-bond acceptors (Lipinski definition) is 6. The Morgan fingerprint density at radius 3 is 3.10 bits per heavy atom. The number of rotatable bonds is 5. The van der Waals surface area contributed by atoms with E-state index in [-0.39, 0.29) is 6.04 Å². The van der Waals surface area contributed by atoms with E-state index in [9.17, 15) is 8.42 Å². The van der Waals surface area contributed by atoms with Crippen molar-refractivity contribution in [2.24, 2.45) is 0 Å². The van der Waals surface area contributed by atoms with Crippen molar-refractivity contribution in [1.29, 1.82) is 0 Å². The summed E-state index contributed by atoms with van der Waals surface area (Å²) in [5, 5.41) is 3.36. The number of nitrogens with zero attached hydrogens (tertiary/aromatic N) is 3. The molecule has 1 atom stereocenters. The van der Waals surface area contributed by atoms with Crippen molar-refractivity contribution < 1.29 is 8.42 Å². The van der Waals surface area contributed by atoms with Crippen LogP contribution in [-0.2, 0) is 16.6 Å². The van der Waals surface area contributed by atoms with Gasteiger partial charge in [-0.1, -0.05) is 12.1 Å². The van der Waals surface area contributed by atoms with Gasteiger partial charge in [0.05, 0.1) is 18.0 Å². The van der Waals surface area contributed by atoms with Gasteiger partial charge >= 0.3 is 0 Å². The van der Waals surface area contributed by atoms with Crippen LogP contribution in [-0.4, -0.2) is 46.9 Å². The Hall–Kier alpha value is -1.09. The van der Waals surface area contributed by atoms with Gasteiger partial charge in [0.15, 0.2) is 0 Å². The molecule has 2 heterocycles. The van der Waals surface area contributed by atoms with Gasteiger partial charge in [-0.25, -0.2) is 8.42 Å². The fraction of sp³-hybridized carbons (Fsp3) is 0.538. The lowest BCUT2D eigenvalue weighted by Crippen LogP contribution is -2.40. The summed E-state index contributed by atoms with van der Waals surface area (Å²) in [7, 11) is -3.10. The van der Waals surface area contributed by atoms with E-state index in [1.54, 1.807) is 4.31 Å². The Labute approximate surface area is 128 Å². The third kappa shape index (κ3) is 3.23. The third-order valence-corrected chi connectivity index (χ3v) is 5.69. The van der Waals surface area contributed by atoms with E-state index in [0.29, 0.717) is 19.6 Å². The molecule has 1 aromatic heterocycles. The molecule has 1 aromatic carbocycles. The Morgan fingerprint density at radius 1 is 1.43 bits per heavy atom. The van der Waals surface area contributed by atoms with Crippen molar-refractivity contribution in [3.8, 4) is 0 Å². The van der Waals surface area contributed by atoms with Crippen LogP contribution in [0, 0.1) is 0 Å². The maximum atomic E-state index is 11.7. The monoisotopic (exact) mass is 326 g/mol. The Morgan fingerprint density at radius 2 is 2.29 bits per heavy atom. The zero-order valence-corrected chi connectivity index (χ0v) is 13.5. The minimum Gasteiger partial charge on any atom is -0.311 e. The summed E-state index contributed by atoms with van der Waals surface area (Å²) in [5.41, 5.74) is 2.95. The second-order valence-electron chi connectivity index (χ2n) is 5.35. The molecule has 3 rings (SSSR count). The van der Waals surface area contributed by atoms with E-state index in [1.807, 2.05) is 18.2 Å². The molecule has 0 bridgehead atoms. The maximum Gasteiger partial charge on any atom is 0.211 e. The van der Waals surface area contributed by atoms with Crippen molar-refractivity contribution in [3.63, 3.8) is 0 Å². The Kier molecular flexibility index (Phi) is 4.21. The average Bonchev–Trinajstić information content (AvgIpc) is 3.06. The molecule has 0 unspecified atom stereocenters. The largest absolute Gasteiger partial charge is 0.311 e. The normalized spacial score (nSPS) is 20.3. The molecule has 6 nitrogen and oxygen atoms in total. The summed E-state index contributed by atoms with van der Waals surface area (Å²) in [6.45, 7) is 1.98. The molecule has 0 saturated carbocycles. The first-order chi connectivity index (χ1) is 10.1. The second kappa shape index (κ2) is 5.96. The highest BCUT2D eigenvalue weighted by Crippen LogP contribution is 2.20. The van der Waals surface area contributed by atoms with Crippen LogP contribution >= 0.6 is 11.7 Å². The average molecular weight is 326 g/mol. The molecule has 8 heteroatoms. The van der Waals surface area contributed by atoms with Gasteiger partial charge in [-0.2, -0.15) is 13.1 Å². The highest BCUT2D eigenvalue weighted by atomic mass is 32.2. The zero-order valence-electron chi connectivity index (χ0n) is 11.8. The van der Waals surface area contributed by atoms with Gasteiger partial charge in [0.2, 0.25) is 10.0 Å². The van der Waals surface area contributed by atoms with Crippen LogP contribution in [0.15, 0.2) is 18.2 Å². The first-order valence-corrected chi connectivity index (χ1v) is 9.51. The van der Waals surface area contributed by atoms with Gasteiger partial charge in [0, 0.05) is 25.7 Å². The molecule has 21 heavy (non-hydrogen) atoms. The molecular formula is C13H18N4O2S2. The van der Waals surface area contributed by atoms with Gasteiger partial charge in [-0.3, -0.25) is 0 Å². The predicted molar refractivity (Wildman–Crippen MR) is 83.7 cm³/mol. The van der Waals surface area contributed by atoms with Crippen LogP contribution in [0.4, 0.5) is 0 Å². The van der Waals surface area contributed by atoms with Crippen molar-refractivity contribution in [1.82, 2.24) is 18.4 Å². The Bertz CT molecular complexity index is 729. The van der Waals surface area contributed by atoms with Crippen molar-refractivity contribution in [3.05, 3.63) is 23.8 Å². The van der Waals surface area contributed by atoms with E-state index in [0.717, 1.165) is 29.4 Å². The van der Waals surface area contributed by atoms with Gasteiger partial charge in [0.1, 0.15) is 11.0 Å². The summed E-state index contributed by atoms with van der Waals surface area (Å²) >= 11 is 1.21. The first kappa shape index (κ1) is 14.8. The number of fused-ring (bicyclic) bond motifs is 1. The second-order valence-corrected chi connectivity index (χ2v) is 7.81. The topological polar surface area (TPSA) is 75.2 Å². The van der Waals surface area contributed by atoms with E-state index in [1.165, 1.54) is 18.0 Å². The molecular weight excluding hydrogens is 308 g/mol. The number of hydrogen-bond donors (Lipinski definition) is 1. The quantitative estimate of drug-likeness (QED) is 0.894. The molecule has 1 saturated heterocycles. The lowest BCUT2D eigenvalue weighted by molar-refractivity contribution is 0.374. The lowest BCUT2D eigenvalue weighted by atomic mass is 10.1. The lowest BCUT2D eigenvalue weighted by Gasteiger charge is -2.22. The number of benzene rings is 1. The number of sulfonamides is 1. The van der Waals surface area contributed by atoms with Gasteiger partial charge < -0.3 is 5.32 Å². The zero-order chi connectivity index (χ0) is 14.9. The van der Waals surface area contributed by atoms with Crippen LogP contribution in [0.1, 0.15) is 18.4 Å². The molecule has 0 radical (unpaired) electrons. The number of aromatic nitrogens is 2. The number of nitrogens with one attached hydrogen (secondary N) is 1. The van der Waals surface area contributed by atoms with Gasteiger partial charge in [0.25, 0.3) is 0 Å². The maximum absolute atomic E-state index is 11.7. The van der Waals surface area contributed by atoms with E-state index in [4.69, 9.17) is 0 Å². The molecule has 1 aliphatic rings. The molecule has 0 aliphatic carbocycles. The van der Waals surface area contributed by atoms with Gasteiger partial charge in [-0.05, 0) is 24.5 Å². The van der Waals surface area contributed by atoms with E-state index in [2.05, 4.69) is 14.1 Å². The first-order valence-electron chi connectivity index (χ1n) is 6.93. The minimum atomic E-state index is -3.10. The Balaban J connectivity index is 1.62. The van der Waals surface area contributed by atoms with Crippen molar-refractivity contribution >= 4 is 32.8 Å².